The van der Waals surface area contributed by atoms with Gasteiger partial charge in [0, 0.05) is 24.8 Å². The molecule has 1 aliphatic rings. The first-order valence-corrected chi connectivity index (χ1v) is 7.92. The molecule has 5 heteroatoms. The summed E-state index contributed by atoms with van der Waals surface area (Å²) in [6.07, 6.45) is 4.21. The number of pyridine rings is 1. The molecule has 0 unspecified atom stereocenters. The van der Waals surface area contributed by atoms with Crippen molar-refractivity contribution < 1.29 is 14.3 Å². The van der Waals surface area contributed by atoms with E-state index < -0.39 is 0 Å². The van der Waals surface area contributed by atoms with E-state index in [0.29, 0.717) is 25.6 Å². The Morgan fingerprint density at radius 3 is 2.75 bits per heavy atom. The molecule has 2 heterocycles. The molecule has 0 radical (unpaired) electrons. The van der Waals surface area contributed by atoms with Crippen molar-refractivity contribution in [2.24, 2.45) is 0 Å². The largest absolute Gasteiger partial charge is 0.481 e. The van der Waals surface area contributed by atoms with Gasteiger partial charge in [-0.15, -0.1) is 0 Å². The Morgan fingerprint density at radius 1 is 1.21 bits per heavy atom. The van der Waals surface area contributed by atoms with Gasteiger partial charge in [-0.05, 0) is 29.7 Å². The molecule has 0 N–H and O–H groups in total. The van der Waals surface area contributed by atoms with Crippen molar-refractivity contribution in [2.45, 2.75) is 13.0 Å². The first-order valence-electron chi connectivity index (χ1n) is 7.92. The monoisotopic (exact) mass is 324 g/mol. The number of rotatable bonds is 4. The van der Waals surface area contributed by atoms with E-state index in [0.717, 1.165) is 23.1 Å². The van der Waals surface area contributed by atoms with Gasteiger partial charge in [-0.3, -0.25) is 0 Å². The average molecular weight is 324 g/mol. The van der Waals surface area contributed by atoms with Crippen molar-refractivity contribution in [3.8, 4) is 5.88 Å². The number of benzene rings is 1. The lowest BCUT2D eigenvalue weighted by Gasteiger charge is -2.26. The Morgan fingerprint density at radius 2 is 2.04 bits per heavy atom. The van der Waals surface area contributed by atoms with Crippen LogP contribution >= 0.6 is 0 Å². The predicted octanol–water partition coefficient (Wildman–Crippen LogP) is 3.52. The summed E-state index contributed by atoms with van der Waals surface area (Å²) < 4.78 is 10.7. The van der Waals surface area contributed by atoms with E-state index in [-0.39, 0.29) is 6.09 Å². The summed E-state index contributed by atoms with van der Waals surface area (Å²) in [4.78, 5) is 18.1. The Bertz CT molecular complexity index is 728. The second-order valence-electron chi connectivity index (χ2n) is 5.53. The Hall–Kier alpha value is -2.82. The fourth-order valence-corrected chi connectivity index (χ4v) is 2.69. The maximum absolute atomic E-state index is 12.2. The average Bonchev–Trinajstić information content (AvgIpc) is 2.67. The third kappa shape index (κ3) is 3.74. The zero-order valence-corrected chi connectivity index (χ0v) is 13.6. The van der Waals surface area contributed by atoms with E-state index in [1.165, 1.54) is 0 Å². The summed E-state index contributed by atoms with van der Waals surface area (Å²) in [6, 6.07) is 13.6. The highest BCUT2D eigenvalue weighted by Crippen LogP contribution is 2.28. The van der Waals surface area contributed by atoms with Crippen molar-refractivity contribution in [1.29, 1.82) is 0 Å². The molecule has 2 aromatic rings. The van der Waals surface area contributed by atoms with Crippen LogP contribution in [0.15, 0.2) is 54.7 Å². The molecule has 1 aromatic carbocycles. The summed E-state index contributed by atoms with van der Waals surface area (Å²) in [6.45, 7) is 1.45. The molecule has 0 atom stereocenters. The predicted molar refractivity (Wildman–Crippen MR) is 91.6 cm³/mol. The number of nitrogens with zero attached hydrogens (tertiary/aromatic N) is 2. The summed E-state index contributed by atoms with van der Waals surface area (Å²) in [7, 11) is 1.61. The topological polar surface area (TPSA) is 51.7 Å². The van der Waals surface area contributed by atoms with Crippen LogP contribution in [0.5, 0.6) is 5.88 Å². The van der Waals surface area contributed by atoms with Gasteiger partial charge in [0.15, 0.2) is 0 Å². The van der Waals surface area contributed by atoms with E-state index >= 15 is 0 Å². The second-order valence-corrected chi connectivity index (χ2v) is 5.53. The normalized spacial score (nSPS) is 14.0. The minimum absolute atomic E-state index is 0.285. The maximum atomic E-state index is 12.2. The van der Waals surface area contributed by atoms with Gasteiger partial charge in [0.25, 0.3) is 0 Å². The highest BCUT2D eigenvalue weighted by Gasteiger charge is 2.20. The van der Waals surface area contributed by atoms with E-state index in [2.05, 4.69) is 4.98 Å². The number of methoxy groups -OCH3 is 1. The third-order valence-corrected chi connectivity index (χ3v) is 3.98. The smallest absolute Gasteiger partial charge is 0.410 e. The number of carbonyl (C=O) groups excluding carboxylic acids is 1. The lowest BCUT2D eigenvalue weighted by molar-refractivity contribution is 0.0998. The zero-order chi connectivity index (χ0) is 16.8. The molecule has 0 fully saturated rings. The van der Waals surface area contributed by atoms with Gasteiger partial charge in [-0.25, -0.2) is 9.78 Å². The highest BCUT2D eigenvalue weighted by atomic mass is 16.6. The minimum atomic E-state index is -0.285. The molecule has 0 spiro atoms. The number of hydrogen-bond acceptors (Lipinski definition) is 4. The fourth-order valence-electron chi connectivity index (χ4n) is 2.69. The van der Waals surface area contributed by atoms with Crippen LogP contribution in [0.3, 0.4) is 0 Å². The number of amides is 1. The summed E-state index contributed by atoms with van der Waals surface area (Å²) in [5, 5.41) is 0. The van der Waals surface area contributed by atoms with Gasteiger partial charge in [0.05, 0.1) is 7.11 Å². The summed E-state index contributed by atoms with van der Waals surface area (Å²) >= 11 is 0. The van der Waals surface area contributed by atoms with Gasteiger partial charge in [-0.1, -0.05) is 36.4 Å². The Labute approximate surface area is 141 Å². The molecule has 0 aliphatic carbocycles. The van der Waals surface area contributed by atoms with Gasteiger partial charge in [0.1, 0.15) is 6.61 Å². The maximum Gasteiger partial charge on any atom is 0.410 e. The molecular formula is C19H20N2O3. The molecule has 0 saturated heterocycles. The minimum Gasteiger partial charge on any atom is -0.481 e. The van der Waals surface area contributed by atoms with Gasteiger partial charge in [-0.2, -0.15) is 0 Å². The van der Waals surface area contributed by atoms with Gasteiger partial charge in [0.2, 0.25) is 5.88 Å². The van der Waals surface area contributed by atoms with Crippen LogP contribution in [0.4, 0.5) is 4.79 Å². The van der Waals surface area contributed by atoms with Crippen molar-refractivity contribution in [1.82, 2.24) is 9.88 Å². The van der Waals surface area contributed by atoms with Crippen LogP contribution < -0.4 is 4.74 Å². The molecule has 1 aromatic heterocycles. The molecule has 124 valence electrons. The first-order chi connectivity index (χ1) is 11.8. The quantitative estimate of drug-likeness (QED) is 0.863. The number of hydrogen-bond donors (Lipinski definition) is 0. The van der Waals surface area contributed by atoms with Crippen LogP contribution in [0.25, 0.3) is 5.57 Å². The lowest BCUT2D eigenvalue weighted by atomic mass is 10.0. The van der Waals surface area contributed by atoms with Crippen molar-refractivity contribution >= 4 is 11.7 Å². The molecule has 3 rings (SSSR count). The number of aromatic nitrogens is 1. The molecular weight excluding hydrogens is 304 g/mol. The third-order valence-electron chi connectivity index (χ3n) is 3.98. The number of ether oxygens (including phenoxy) is 2. The van der Waals surface area contributed by atoms with Gasteiger partial charge >= 0.3 is 6.09 Å². The van der Waals surface area contributed by atoms with E-state index in [1.807, 2.05) is 48.5 Å². The molecule has 0 bridgehead atoms. The van der Waals surface area contributed by atoms with E-state index in [9.17, 15) is 4.79 Å². The van der Waals surface area contributed by atoms with Gasteiger partial charge < -0.3 is 14.4 Å². The fraction of sp³-hybridized carbons (Fsp3) is 0.263. The molecule has 1 aliphatic heterocycles. The first kappa shape index (κ1) is 16.1. The van der Waals surface area contributed by atoms with Crippen LogP contribution in [-0.2, 0) is 11.3 Å². The van der Waals surface area contributed by atoms with Crippen LogP contribution in [0.1, 0.15) is 17.5 Å². The van der Waals surface area contributed by atoms with Crippen molar-refractivity contribution in [2.75, 3.05) is 20.2 Å². The van der Waals surface area contributed by atoms with Crippen molar-refractivity contribution in [3.05, 3.63) is 65.9 Å². The molecule has 1 amide bonds. The SMILES string of the molecule is COc1ncccc1C1=CCN(C(=O)OCc2ccccc2)CC1. The van der Waals surface area contributed by atoms with Crippen LogP contribution in [0, 0.1) is 0 Å². The molecule has 24 heavy (non-hydrogen) atoms. The Balaban J connectivity index is 1.59. The molecule has 5 nitrogen and oxygen atoms in total. The zero-order valence-electron chi connectivity index (χ0n) is 13.6. The van der Waals surface area contributed by atoms with Crippen molar-refractivity contribution in [3.63, 3.8) is 0 Å². The molecule has 0 saturated carbocycles. The summed E-state index contributed by atoms with van der Waals surface area (Å²) in [5.74, 6) is 0.615. The Kier molecular flexibility index (Phi) is 5.11. The standard InChI is InChI=1S/C19H20N2O3/c1-23-18-17(8-5-11-20-18)16-9-12-21(13-10-16)19(22)24-14-15-6-3-2-4-7-15/h2-9,11H,10,12-14H2,1H3. The lowest BCUT2D eigenvalue weighted by Crippen LogP contribution is -2.35. The number of carbonyl (C=O) groups is 1. The van der Waals surface area contributed by atoms with Crippen LogP contribution in [-0.4, -0.2) is 36.2 Å². The summed E-state index contributed by atoms with van der Waals surface area (Å²) in [5.41, 5.74) is 3.11. The highest BCUT2D eigenvalue weighted by molar-refractivity contribution is 5.74. The van der Waals surface area contributed by atoms with E-state index in [4.69, 9.17) is 9.47 Å². The van der Waals surface area contributed by atoms with Crippen LogP contribution in [0.2, 0.25) is 0 Å². The van der Waals surface area contributed by atoms with E-state index in [1.54, 1.807) is 18.2 Å². The second kappa shape index (κ2) is 7.64.